The van der Waals surface area contributed by atoms with Crippen LogP contribution in [0.1, 0.15) is 12.8 Å². The predicted molar refractivity (Wildman–Crippen MR) is 99.5 cm³/mol. The molecule has 0 unspecified atom stereocenters. The molecule has 3 heterocycles. The van der Waals surface area contributed by atoms with E-state index in [-0.39, 0.29) is 11.4 Å². The second-order valence-corrected chi connectivity index (χ2v) is 6.71. The van der Waals surface area contributed by atoms with Crippen LogP contribution >= 0.6 is 0 Å². The van der Waals surface area contributed by atoms with Crippen LogP contribution in [0.15, 0.2) is 41.7 Å². The molecule has 0 atom stereocenters. The molecule has 1 aliphatic rings. The molecule has 0 amide bonds. The Bertz CT molecular complexity index is 1010. The molecule has 1 aliphatic heterocycles. The van der Waals surface area contributed by atoms with E-state index in [0.717, 1.165) is 31.7 Å². The Morgan fingerprint density at radius 2 is 2.00 bits per heavy atom. The highest BCUT2D eigenvalue weighted by Gasteiger charge is 2.21. The standard InChI is InChI=1S/C19H20FN5O2/c1-27-18-9-17(21-11-22-18)24-6-4-13(5-7-24)10-25-12-23-16-8-14(20)2-3-15(16)19(25)26/h2-3,8-9,11-13H,4-7,10H2,1H3. The zero-order valence-electron chi connectivity index (χ0n) is 15.0. The topological polar surface area (TPSA) is 73.1 Å². The number of fused-ring (bicyclic) bond motifs is 1. The van der Waals surface area contributed by atoms with Crippen LogP contribution in [0.4, 0.5) is 10.2 Å². The zero-order chi connectivity index (χ0) is 18.8. The highest BCUT2D eigenvalue weighted by Crippen LogP contribution is 2.24. The summed E-state index contributed by atoms with van der Waals surface area (Å²) in [5, 5.41) is 0.449. The lowest BCUT2D eigenvalue weighted by Crippen LogP contribution is -2.36. The van der Waals surface area contributed by atoms with E-state index in [1.807, 2.05) is 6.07 Å². The molecule has 3 aromatic rings. The first-order chi connectivity index (χ1) is 13.1. The van der Waals surface area contributed by atoms with Crippen molar-refractivity contribution in [2.75, 3.05) is 25.1 Å². The fraction of sp³-hybridized carbons (Fsp3) is 0.368. The third-order valence-electron chi connectivity index (χ3n) is 5.02. The van der Waals surface area contributed by atoms with E-state index < -0.39 is 0 Å². The van der Waals surface area contributed by atoms with Crippen LogP contribution in [0.2, 0.25) is 0 Å². The van der Waals surface area contributed by atoms with Crippen LogP contribution in [0, 0.1) is 11.7 Å². The third-order valence-corrected chi connectivity index (χ3v) is 5.02. The Hall–Kier alpha value is -3.03. The van der Waals surface area contributed by atoms with E-state index >= 15 is 0 Å². The van der Waals surface area contributed by atoms with Gasteiger partial charge >= 0.3 is 0 Å². The van der Waals surface area contributed by atoms with Crippen LogP contribution in [0.5, 0.6) is 5.88 Å². The Morgan fingerprint density at radius 1 is 1.19 bits per heavy atom. The van der Waals surface area contributed by atoms with E-state index in [9.17, 15) is 9.18 Å². The lowest BCUT2D eigenvalue weighted by atomic mass is 9.96. The number of anilines is 1. The minimum atomic E-state index is -0.388. The van der Waals surface area contributed by atoms with Crippen molar-refractivity contribution < 1.29 is 9.13 Å². The molecule has 7 nitrogen and oxygen atoms in total. The van der Waals surface area contributed by atoms with Gasteiger partial charge in [0.1, 0.15) is 18.0 Å². The molecule has 1 aromatic carbocycles. The summed E-state index contributed by atoms with van der Waals surface area (Å²) in [7, 11) is 1.59. The zero-order valence-corrected chi connectivity index (χ0v) is 15.0. The summed E-state index contributed by atoms with van der Waals surface area (Å²) >= 11 is 0. The number of piperidine rings is 1. The Labute approximate surface area is 155 Å². The van der Waals surface area contributed by atoms with Crippen molar-refractivity contribution in [3.05, 3.63) is 53.1 Å². The number of aromatic nitrogens is 4. The molecule has 27 heavy (non-hydrogen) atoms. The van der Waals surface area contributed by atoms with Gasteiger partial charge in [-0.3, -0.25) is 9.36 Å². The van der Waals surface area contributed by atoms with E-state index in [4.69, 9.17) is 4.74 Å². The van der Waals surface area contributed by atoms with Crippen LogP contribution in [0.25, 0.3) is 10.9 Å². The average Bonchev–Trinajstić information content (AvgIpc) is 2.70. The molecule has 0 spiro atoms. The van der Waals surface area contributed by atoms with Gasteiger partial charge in [-0.2, -0.15) is 0 Å². The van der Waals surface area contributed by atoms with Gasteiger partial charge in [0, 0.05) is 31.8 Å². The van der Waals surface area contributed by atoms with Gasteiger partial charge in [0.25, 0.3) is 5.56 Å². The molecular formula is C19H20FN5O2. The van der Waals surface area contributed by atoms with Crippen molar-refractivity contribution in [2.24, 2.45) is 5.92 Å². The summed E-state index contributed by atoms with van der Waals surface area (Å²) in [6.45, 7) is 2.32. The fourth-order valence-corrected chi connectivity index (χ4v) is 3.50. The molecule has 4 rings (SSSR count). The van der Waals surface area contributed by atoms with Crippen molar-refractivity contribution in [1.29, 1.82) is 0 Å². The number of ether oxygens (including phenoxy) is 1. The molecule has 8 heteroatoms. The number of halogens is 1. The van der Waals surface area contributed by atoms with Gasteiger partial charge in [0.15, 0.2) is 0 Å². The van der Waals surface area contributed by atoms with E-state index in [0.29, 0.717) is 29.2 Å². The lowest BCUT2D eigenvalue weighted by molar-refractivity contribution is 0.350. The number of benzene rings is 1. The quantitative estimate of drug-likeness (QED) is 0.702. The van der Waals surface area contributed by atoms with Gasteiger partial charge in [0.2, 0.25) is 5.88 Å². The fourth-order valence-electron chi connectivity index (χ4n) is 3.50. The molecule has 140 valence electrons. The predicted octanol–water partition coefficient (Wildman–Crippen LogP) is 2.25. The molecule has 1 saturated heterocycles. The molecule has 0 aliphatic carbocycles. The molecular weight excluding hydrogens is 349 g/mol. The van der Waals surface area contributed by atoms with Crippen molar-refractivity contribution in [3.63, 3.8) is 0 Å². The number of methoxy groups -OCH3 is 1. The maximum atomic E-state index is 13.3. The maximum absolute atomic E-state index is 13.3. The van der Waals surface area contributed by atoms with Gasteiger partial charge in [-0.05, 0) is 30.9 Å². The van der Waals surface area contributed by atoms with E-state index in [2.05, 4.69) is 19.9 Å². The largest absolute Gasteiger partial charge is 0.481 e. The molecule has 0 saturated carbocycles. The molecule has 0 radical (unpaired) electrons. The van der Waals surface area contributed by atoms with Crippen molar-refractivity contribution in [2.45, 2.75) is 19.4 Å². The summed E-state index contributed by atoms with van der Waals surface area (Å²) in [5.74, 6) is 1.39. The SMILES string of the molecule is COc1cc(N2CCC(Cn3cnc4cc(F)ccc4c3=O)CC2)ncn1. The normalized spacial score (nSPS) is 15.3. The first-order valence-corrected chi connectivity index (χ1v) is 8.90. The lowest BCUT2D eigenvalue weighted by Gasteiger charge is -2.32. The average molecular weight is 369 g/mol. The summed E-state index contributed by atoms with van der Waals surface area (Å²) in [6, 6.07) is 5.92. The summed E-state index contributed by atoms with van der Waals surface area (Å²) in [5.41, 5.74) is 0.270. The monoisotopic (exact) mass is 369 g/mol. The van der Waals surface area contributed by atoms with Crippen LogP contribution in [-0.2, 0) is 6.54 Å². The Balaban J connectivity index is 1.45. The van der Waals surface area contributed by atoms with Gasteiger partial charge in [-0.1, -0.05) is 0 Å². The number of hydrogen-bond acceptors (Lipinski definition) is 6. The maximum Gasteiger partial charge on any atom is 0.261 e. The van der Waals surface area contributed by atoms with Crippen LogP contribution in [-0.4, -0.2) is 39.7 Å². The highest BCUT2D eigenvalue weighted by atomic mass is 19.1. The molecule has 0 bridgehead atoms. The third kappa shape index (κ3) is 3.60. The van der Waals surface area contributed by atoms with Gasteiger partial charge in [0.05, 0.1) is 24.3 Å². The minimum Gasteiger partial charge on any atom is -0.481 e. The van der Waals surface area contributed by atoms with E-state index in [1.54, 1.807) is 11.7 Å². The first-order valence-electron chi connectivity index (χ1n) is 8.90. The molecule has 0 N–H and O–H groups in total. The minimum absolute atomic E-state index is 0.122. The first kappa shape index (κ1) is 17.4. The van der Waals surface area contributed by atoms with Crippen molar-refractivity contribution in [1.82, 2.24) is 19.5 Å². The van der Waals surface area contributed by atoms with E-state index in [1.165, 1.54) is 30.9 Å². The van der Waals surface area contributed by atoms with Gasteiger partial charge in [-0.25, -0.2) is 19.3 Å². The summed E-state index contributed by atoms with van der Waals surface area (Å²) < 4.78 is 20.1. The second kappa shape index (κ2) is 7.30. The van der Waals surface area contributed by atoms with Gasteiger partial charge in [-0.15, -0.1) is 0 Å². The van der Waals surface area contributed by atoms with Crippen LogP contribution < -0.4 is 15.2 Å². The summed E-state index contributed by atoms with van der Waals surface area (Å²) in [6.07, 6.45) is 4.91. The summed E-state index contributed by atoms with van der Waals surface area (Å²) in [4.78, 5) is 27.4. The highest BCUT2D eigenvalue weighted by molar-refractivity contribution is 5.77. The number of hydrogen-bond donors (Lipinski definition) is 0. The second-order valence-electron chi connectivity index (χ2n) is 6.71. The van der Waals surface area contributed by atoms with Crippen molar-refractivity contribution in [3.8, 4) is 5.88 Å². The Kier molecular flexibility index (Phi) is 4.70. The number of nitrogens with zero attached hydrogens (tertiary/aromatic N) is 5. The smallest absolute Gasteiger partial charge is 0.261 e. The number of rotatable bonds is 4. The van der Waals surface area contributed by atoms with Gasteiger partial charge < -0.3 is 9.64 Å². The molecule has 1 fully saturated rings. The molecule has 2 aromatic heterocycles. The van der Waals surface area contributed by atoms with Crippen molar-refractivity contribution >= 4 is 16.7 Å². The van der Waals surface area contributed by atoms with Crippen LogP contribution in [0.3, 0.4) is 0 Å². The Morgan fingerprint density at radius 3 is 2.78 bits per heavy atom.